The second-order valence-electron chi connectivity index (χ2n) is 5.19. The zero-order valence-corrected chi connectivity index (χ0v) is 10.5. The Kier molecular flexibility index (Phi) is 5.07. The molecule has 0 aromatic rings. The van der Waals surface area contributed by atoms with Crippen molar-refractivity contribution in [1.29, 1.82) is 0 Å². The lowest BCUT2D eigenvalue weighted by Gasteiger charge is -2.30. The highest BCUT2D eigenvalue weighted by atomic mass is 16.5. The van der Waals surface area contributed by atoms with Gasteiger partial charge >= 0.3 is 0 Å². The molecule has 0 saturated carbocycles. The number of aliphatic hydroxyl groups is 1. The van der Waals surface area contributed by atoms with Crippen molar-refractivity contribution in [2.75, 3.05) is 6.61 Å². The summed E-state index contributed by atoms with van der Waals surface area (Å²) in [4.78, 5) is 0. The molecule has 1 rings (SSSR count). The standard InChI is InChI=1S/C13H26O2/c1-4-11(2)13(3,14)9-5-7-12-8-6-10-15-12/h11-12,14H,4-10H2,1-3H3. The van der Waals surface area contributed by atoms with E-state index in [-0.39, 0.29) is 0 Å². The van der Waals surface area contributed by atoms with Gasteiger partial charge in [0.1, 0.15) is 0 Å². The van der Waals surface area contributed by atoms with E-state index in [1.54, 1.807) is 0 Å². The quantitative estimate of drug-likeness (QED) is 0.736. The van der Waals surface area contributed by atoms with Gasteiger partial charge in [-0.2, -0.15) is 0 Å². The maximum atomic E-state index is 10.2. The van der Waals surface area contributed by atoms with Gasteiger partial charge in [0.2, 0.25) is 0 Å². The minimum Gasteiger partial charge on any atom is -0.390 e. The van der Waals surface area contributed by atoms with E-state index in [0.29, 0.717) is 12.0 Å². The fourth-order valence-electron chi connectivity index (χ4n) is 2.25. The van der Waals surface area contributed by atoms with E-state index in [2.05, 4.69) is 13.8 Å². The zero-order valence-electron chi connectivity index (χ0n) is 10.5. The van der Waals surface area contributed by atoms with Crippen LogP contribution in [0.1, 0.15) is 59.3 Å². The van der Waals surface area contributed by atoms with Gasteiger partial charge in [-0.05, 0) is 44.9 Å². The predicted octanol–water partition coefficient (Wildman–Crippen LogP) is 3.13. The molecule has 3 atom stereocenters. The van der Waals surface area contributed by atoms with Crippen LogP contribution < -0.4 is 0 Å². The molecule has 1 N–H and O–H groups in total. The Morgan fingerprint density at radius 3 is 2.80 bits per heavy atom. The Morgan fingerprint density at radius 2 is 2.27 bits per heavy atom. The second-order valence-corrected chi connectivity index (χ2v) is 5.19. The fraction of sp³-hybridized carbons (Fsp3) is 1.00. The third-order valence-corrected chi connectivity index (χ3v) is 3.91. The van der Waals surface area contributed by atoms with E-state index in [1.165, 1.54) is 12.8 Å². The molecule has 1 heterocycles. The van der Waals surface area contributed by atoms with Crippen LogP contribution in [0.25, 0.3) is 0 Å². The Hall–Kier alpha value is -0.0800. The average molecular weight is 214 g/mol. The number of hydrogen-bond acceptors (Lipinski definition) is 2. The number of rotatable bonds is 6. The van der Waals surface area contributed by atoms with E-state index in [1.807, 2.05) is 6.92 Å². The van der Waals surface area contributed by atoms with Crippen LogP contribution in [-0.2, 0) is 4.74 Å². The molecule has 0 spiro atoms. The Morgan fingerprint density at radius 1 is 1.53 bits per heavy atom. The molecule has 0 aliphatic carbocycles. The first-order chi connectivity index (χ1) is 7.06. The van der Waals surface area contributed by atoms with Crippen LogP contribution in [-0.4, -0.2) is 23.4 Å². The Balaban J connectivity index is 2.17. The highest BCUT2D eigenvalue weighted by molar-refractivity contribution is 4.79. The lowest BCUT2D eigenvalue weighted by molar-refractivity contribution is -0.00868. The van der Waals surface area contributed by atoms with Crippen molar-refractivity contribution in [2.45, 2.75) is 71.0 Å². The third-order valence-electron chi connectivity index (χ3n) is 3.91. The summed E-state index contributed by atoms with van der Waals surface area (Å²) >= 11 is 0. The van der Waals surface area contributed by atoms with E-state index in [0.717, 1.165) is 32.3 Å². The van der Waals surface area contributed by atoms with Gasteiger partial charge in [-0.25, -0.2) is 0 Å². The summed E-state index contributed by atoms with van der Waals surface area (Å²) in [6, 6.07) is 0. The lowest BCUT2D eigenvalue weighted by atomic mass is 9.84. The van der Waals surface area contributed by atoms with Gasteiger partial charge in [0, 0.05) is 6.61 Å². The topological polar surface area (TPSA) is 29.5 Å². The summed E-state index contributed by atoms with van der Waals surface area (Å²) < 4.78 is 5.57. The van der Waals surface area contributed by atoms with Gasteiger partial charge in [-0.1, -0.05) is 20.3 Å². The average Bonchev–Trinajstić information content (AvgIpc) is 2.69. The van der Waals surface area contributed by atoms with Gasteiger partial charge in [-0.15, -0.1) is 0 Å². The highest BCUT2D eigenvalue weighted by Crippen LogP contribution is 2.27. The molecule has 0 radical (unpaired) electrons. The molecular formula is C13H26O2. The van der Waals surface area contributed by atoms with Crippen LogP contribution >= 0.6 is 0 Å². The maximum absolute atomic E-state index is 10.2. The molecule has 1 fully saturated rings. The third kappa shape index (κ3) is 4.12. The molecular weight excluding hydrogens is 188 g/mol. The van der Waals surface area contributed by atoms with E-state index >= 15 is 0 Å². The van der Waals surface area contributed by atoms with Crippen molar-refractivity contribution in [3.63, 3.8) is 0 Å². The summed E-state index contributed by atoms with van der Waals surface area (Å²) in [6.45, 7) is 7.17. The first kappa shape index (κ1) is 13.0. The zero-order chi connectivity index (χ0) is 11.3. The second kappa shape index (κ2) is 5.86. The Labute approximate surface area is 94.0 Å². The van der Waals surface area contributed by atoms with Gasteiger partial charge < -0.3 is 9.84 Å². The smallest absolute Gasteiger partial charge is 0.0645 e. The molecule has 0 amide bonds. The highest BCUT2D eigenvalue weighted by Gasteiger charge is 2.27. The van der Waals surface area contributed by atoms with Crippen molar-refractivity contribution in [3.05, 3.63) is 0 Å². The predicted molar refractivity (Wildman–Crippen MR) is 62.9 cm³/mol. The number of hydrogen-bond donors (Lipinski definition) is 1. The molecule has 1 aliphatic heterocycles. The minimum atomic E-state index is -0.493. The molecule has 0 aromatic carbocycles. The summed E-state index contributed by atoms with van der Waals surface area (Å²) in [6.07, 6.45) is 7.05. The monoisotopic (exact) mass is 214 g/mol. The molecule has 2 heteroatoms. The van der Waals surface area contributed by atoms with Crippen molar-refractivity contribution >= 4 is 0 Å². The van der Waals surface area contributed by atoms with Crippen LogP contribution in [0.3, 0.4) is 0 Å². The molecule has 1 aliphatic rings. The van der Waals surface area contributed by atoms with Crippen molar-refractivity contribution in [1.82, 2.24) is 0 Å². The summed E-state index contributed by atoms with van der Waals surface area (Å²) in [5, 5.41) is 10.2. The molecule has 15 heavy (non-hydrogen) atoms. The molecule has 3 unspecified atom stereocenters. The summed E-state index contributed by atoms with van der Waals surface area (Å²) in [5.41, 5.74) is -0.493. The molecule has 0 bridgehead atoms. The van der Waals surface area contributed by atoms with Gasteiger partial charge in [0.25, 0.3) is 0 Å². The summed E-state index contributed by atoms with van der Waals surface area (Å²) in [7, 11) is 0. The molecule has 0 aromatic heterocycles. The van der Waals surface area contributed by atoms with Gasteiger partial charge in [0.05, 0.1) is 11.7 Å². The first-order valence-corrected chi connectivity index (χ1v) is 6.40. The lowest BCUT2D eigenvalue weighted by Crippen LogP contribution is -2.32. The van der Waals surface area contributed by atoms with Gasteiger partial charge in [-0.3, -0.25) is 0 Å². The van der Waals surface area contributed by atoms with Crippen LogP contribution in [0.2, 0.25) is 0 Å². The molecule has 90 valence electrons. The van der Waals surface area contributed by atoms with E-state index in [4.69, 9.17) is 4.74 Å². The minimum absolute atomic E-state index is 0.391. The summed E-state index contributed by atoms with van der Waals surface area (Å²) in [5.74, 6) is 0.391. The van der Waals surface area contributed by atoms with Crippen LogP contribution in [0.5, 0.6) is 0 Å². The number of ether oxygens (including phenoxy) is 1. The largest absolute Gasteiger partial charge is 0.390 e. The van der Waals surface area contributed by atoms with Crippen molar-refractivity contribution in [3.8, 4) is 0 Å². The first-order valence-electron chi connectivity index (χ1n) is 6.40. The van der Waals surface area contributed by atoms with Crippen molar-refractivity contribution in [2.24, 2.45) is 5.92 Å². The normalized spacial score (nSPS) is 27.6. The van der Waals surface area contributed by atoms with Crippen molar-refractivity contribution < 1.29 is 9.84 Å². The van der Waals surface area contributed by atoms with Crippen LogP contribution in [0.15, 0.2) is 0 Å². The SMILES string of the molecule is CCC(C)C(C)(O)CCCC1CCCO1. The molecule has 2 nitrogen and oxygen atoms in total. The Bertz CT molecular complexity index is 171. The fourth-order valence-corrected chi connectivity index (χ4v) is 2.25. The van der Waals surface area contributed by atoms with Crippen LogP contribution in [0.4, 0.5) is 0 Å². The van der Waals surface area contributed by atoms with Crippen LogP contribution in [0, 0.1) is 5.92 Å². The van der Waals surface area contributed by atoms with Gasteiger partial charge in [0.15, 0.2) is 0 Å². The van der Waals surface area contributed by atoms with E-state index in [9.17, 15) is 5.11 Å². The maximum Gasteiger partial charge on any atom is 0.0645 e. The van der Waals surface area contributed by atoms with E-state index < -0.39 is 5.60 Å². The molecule has 1 saturated heterocycles.